The second-order valence-corrected chi connectivity index (χ2v) is 7.96. The van der Waals surface area contributed by atoms with Crippen molar-refractivity contribution in [2.24, 2.45) is 0 Å². The molecule has 2 atom stereocenters. The lowest BCUT2D eigenvalue weighted by molar-refractivity contribution is 0.250. The zero-order chi connectivity index (χ0) is 17.6. The topological polar surface area (TPSA) is 44.8 Å². The van der Waals surface area contributed by atoms with Gasteiger partial charge in [0.25, 0.3) is 5.24 Å². The number of amides is 1. The van der Waals surface area contributed by atoms with E-state index in [1.807, 2.05) is 13.0 Å². The van der Waals surface area contributed by atoms with Crippen LogP contribution >= 0.6 is 11.8 Å². The number of ether oxygens (including phenoxy) is 1. The molecule has 0 radical (unpaired) electrons. The van der Waals surface area contributed by atoms with Crippen LogP contribution in [0.25, 0.3) is 0 Å². The highest BCUT2D eigenvalue weighted by Gasteiger charge is 2.29. The Labute approximate surface area is 155 Å². The highest BCUT2D eigenvalue weighted by molar-refractivity contribution is 8.14. The summed E-state index contributed by atoms with van der Waals surface area (Å²) in [5, 5.41) is 3.56. The number of piperazine rings is 1. The average Bonchev–Trinajstić information content (AvgIpc) is 2.94. The average molecular weight is 364 g/mol. The molecule has 2 aliphatic rings. The Morgan fingerprint density at radius 3 is 2.68 bits per heavy atom. The molecule has 2 unspecified atom stereocenters. The summed E-state index contributed by atoms with van der Waals surface area (Å²) in [6.07, 6.45) is 2.27. The molecule has 5 nitrogen and oxygen atoms in total. The van der Waals surface area contributed by atoms with E-state index < -0.39 is 0 Å². The first-order chi connectivity index (χ1) is 12.2. The van der Waals surface area contributed by atoms with E-state index in [1.54, 1.807) is 0 Å². The van der Waals surface area contributed by atoms with Crippen LogP contribution in [0.4, 0.5) is 10.5 Å². The molecule has 1 aromatic carbocycles. The Morgan fingerprint density at radius 2 is 2.00 bits per heavy atom. The van der Waals surface area contributed by atoms with Crippen molar-refractivity contribution in [1.82, 2.24) is 10.2 Å². The molecule has 2 fully saturated rings. The fourth-order valence-corrected chi connectivity index (χ4v) is 4.67. The largest absolute Gasteiger partial charge is 0.492 e. The van der Waals surface area contributed by atoms with E-state index in [2.05, 4.69) is 40.2 Å². The highest BCUT2D eigenvalue weighted by atomic mass is 32.2. The fraction of sp³-hybridized carbons (Fsp3) is 0.632. The summed E-state index contributed by atoms with van der Waals surface area (Å²) in [5.41, 5.74) is 1.21. The molecule has 0 saturated carbocycles. The maximum absolute atomic E-state index is 11.4. The monoisotopic (exact) mass is 363 g/mol. The number of hydrogen-bond acceptors (Lipinski definition) is 5. The first kappa shape index (κ1) is 18.4. The van der Waals surface area contributed by atoms with Gasteiger partial charge in [0.15, 0.2) is 0 Å². The Kier molecular flexibility index (Phi) is 6.48. The molecule has 1 amide bonds. The van der Waals surface area contributed by atoms with E-state index in [0.717, 1.165) is 51.3 Å². The van der Waals surface area contributed by atoms with Crippen molar-refractivity contribution in [2.45, 2.75) is 38.0 Å². The van der Waals surface area contributed by atoms with E-state index in [9.17, 15) is 4.79 Å². The quantitative estimate of drug-likeness (QED) is 0.806. The SMILES string of the molecule is CCOc1ccccc1N1CCN(CCCC2SC(=O)NC2C)CC1. The van der Waals surface area contributed by atoms with E-state index in [-0.39, 0.29) is 5.24 Å². The van der Waals surface area contributed by atoms with Crippen molar-refractivity contribution in [3.8, 4) is 5.75 Å². The third-order valence-corrected chi connectivity index (χ3v) is 6.28. The van der Waals surface area contributed by atoms with Gasteiger partial charge in [-0.3, -0.25) is 9.69 Å². The van der Waals surface area contributed by atoms with Gasteiger partial charge in [-0.1, -0.05) is 23.9 Å². The summed E-state index contributed by atoms with van der Waals surface area (Å²) in [6.45, 7) is 10.2. The Hall–Kier alpha value is -1.40. The first-order valence-corrected chi connectivity index (χ1v) is 10.2. The van der Waals surface area contributed by atoms with E-state index in [0.29, 0.717) is 17.9 Å². The molecular weight excluding hydrogens is 334 g/mol. The predicted octanol–water partition coefficient (Wildman–Crippen LogP) is 3.20. The molecule has 1 aromatic rings. The van der Waals surface area contributed by atoms with Gasteiger partial charge < -0.3 is 15.0 Å². The molecule has 138 valence electrons. The summed E-state index contributed by atoms with van der Waals surface area (Å²) in [7, 11) is 0. The molecule has 0 aliphatic carbocycles. The van der Waals surface area contributed by atoms with Gasteiger partial charge in [-0.05, 0) is 45.4 Å². The highest BCUT2D eigenvalue weighted by Crippen LogP contribution is 2.29. The Balaban J connectivity index is 1.42. The molecule has 6 heteroatoms. The standard InChI is InChI=1S/C19H29N3O2S/c1-3-24-17-8-5-4-7-16(17)22-13-11-21(12-14-22)10-6-9-18-15(2)20-19(23)25-18/h4-5,7-8,15,18H,3,6,9-14H2,1-2H3,(H,20,23). The van der Waals surface area contributed by atoms with Crippen molar-refractivity contribution >= 4 is 22.7 Å². The molecule has 2 saturated heterocycles. The van der Waals surface area contributed by atoms with Crippen molar-refractivity contribution in [3.63, 3.8) is 0 Å². The van der Waals surface area contributed by atoms with Gasteiger partial charge in [0.1, 0.15) is 5.75 Å². The summed E-state index contributed by atoms with van der Waals surface area (Å²) >= 11 is 1.47. The molecule has 3 rings (SSSR count). The van der Waals surface area contributed by atoms with Crippen molar-refractivity contribution in [3.05, 3.63) is 24.3 Å². The van der Waals surface area contributed by atoms with Crippen LogP contribution in [0.3, 0.4) is 0 Å². The molecule has 25 heavy (non-hydrogen) atoms. The zero-order valence-electron chi connectivity index (χ0n) is 15.2. The van der Waals surface area contributed by atoms with Crippen molar-refractivity contribution < 1.29 is 9.53 Å². The molecular formula is C19H29N3O2S. The lowest BCUT2D eigenvalue weighted by atomic mass is 10.1. The predicted molar refractivity (Wildman–Crippen MR) is 105 cm³/mol. The van der Waals surface area contributed by atoms with Crippen molar-refractivity contribution in [1.29, 1.82) is 0 Å². The second kappa shape index (κ2) is 8.81. The maximum atomic E-state index is 11.4. The van der Waals surface area contributed by atoms with E-state index in [4.69, 9.17) is 4.74 Å². The minimum atomic E-state index is 0.138. The molecule has 0 bridgehead atoms. The van der Waals surface area contributed by atoms with Crippen molar-refractivity contribution in [2.75, 3.05) is 44.2 Å². The number of rotatable bonds is 7. The van der Waals surface area contributed by atoms with Gasteiger partial charge in [0.2, 0.25) is 0 Å². The summed E-state index contributed by atoms with van der Waals surface area (Å²) in [4.78, 5) is 16.4. The van der Waals surface area contributed by atoms with Gasteiger partial charge >= 0.3 is 0 Å². The molecule has 1 N–H and O–H groups in total. The number of carbonyl (C=O) groups excluding carboxylic acids is 1. The van der Waals surface area contributed by atoms with Crippen LogP contribution < -0.4 is 15.0 Å². The van der Waals surface area contributed by atoms with Crippen LogP contribution in [0.15, 0.2) is 24.3 Å². The normalized spacial score (nSPS) is 24.4. The van der Waals surface area contributed by atoms with Gasteiger partial charge in [0, 0.05) is 37.5 Å². The van der Waals surface area contributed by atoms with Crippen LogP contribution in [-0.2, 0) is 0 Å². The number of para-hydroxylation sites is 2. The molecule has 2 aliphatic heterocycles. The summed E-state index contributed by atoms with van der Waals surface area (Å²) < 4.78 is 5.77. The number of benzene rings is 1. The minimum absolute atomic E-state index is 0.138. The van der Waals surface area contributed by atoms with Crippen LogP contribution in [-0.4, -0.2) is 60.8 Å². The van der Waals surface area contributed by atoms with Gasteiger partial charge in [-0.15, -0.1) is 0 Å². The minimum Gasteiger partial charge on any atom is -0.492 e. The number of carbonyl (C=O) groups is 1. The lowest BCUT2D eigenvalue weighted by Gasteiger charge is -2.36. The van der Waals surface area contributed by atoms with Crippen LogP contribution in [0.1, 0.15) is 26.7 Å². The maximum Gasteiger partial charge on any atom is 0.279 e. The lowest BCUT2D eigenvalue weighted by Crippen LogP contribution is -2.46. The first-order valence-electron chi connectivity index (χ1n) is 9.33. The Morgan fingerprint density at radius 1 is 1.24 bits per heavy atom. The number of nitrogens with one attached hydrogen (secondary N) is 1. The summed E-state index contributed by atoms with van der Waals surface area (Å²) in [6, 6.07) is 8.64. The van der Waals surface area contributed by atoms with E-state index >= 15 is 0 Å². The van der Waals surface area contributed by atoms with Gasteiger partial charge in [0.05, 0.1) is 12.3 Å². The molecule has 0 spiro atoms. The smallest absolute Gasteiger partial charge is 0.279 e. The number of anilines is 1. The summed E-state index contributed by atoms with van der Waals surface area (Å²) in [5.74, 6) is 0.989. The fourth-order valence-electron chi connectivity index (χ4n) is 3.59. The third-order valence-electron chi connectivity index (χ3n) is 5.00. The third kappa shape index (κ3) is 4.82. The van der Waals surface area contributed by atoms with Crippen LogP contribution in [0.5, 0.6) is 5.75 Å². The number of hydrogen-bond donors (Lipinski definition) is 1. The Bertz CT molecular complexity index is 576. The zero-order valence-corrected chi connectivity index (χ0v) is 16.1. The number of nitrogens with zero attached hydrogens (tertiary/aromatic N) is 2. The van der Waals surface area contributed by atoms with E-state index in [1.165, 1.54) is 17.4 Å². The van der Waals surface area contributed by atoms with Gasteiger partial charge in [-0.2, -0.15) is 0 Å². The van der Waals surface area contributed by atoms with Gasteiger partial charge in [-0.25, -0.2) is 0 Å². The number of thioether (sulfide) groups is 1. The van der Waals surface area contributed by atoms with Crippen LogP contribution in [0, 0.1) is 0 Å². The second-order valence-electron chi connectivity index (χ2n) is 6.75. The van der Waals surface area contributed by atoms with Crippen LogP contribution in [0.2, 0.25) is 0 Å². The molecule has 0 aromatic heterocycles. The molecule has 2 heterocycles.